The van der Waals surface area contributed by atoms with Crippen LogP contribution >= 0.6 is 15.9 Å². The molecular formula is C21H15BrF3N3O6S. The Morgan fingerprint density at radius 1 is 1.09 bits per heavy atom. The molecule has 0 aromatic heterocycles. The van der Waals surface area contributed by atoms with Gasteiger partial charge in [-0.3, -0.25) is 24.0 Å². The minimum Gasteiger partial charge on any atom is -0.404 e. The van der Waals surface area contributed by atoms with Crippen LogP contribution in [0.2, 0.25) is 0 Å². The number of sulfonamides is 1. The van der Waals surface area contributed by atoms with E-state index >= 15 is 0 Å². The lowest BCUT2D eigenvalue weighted by atomic mass is 10.0. The number of alkyl halides is 3. The summed E-state index contributed by atoms with van der Waals surface area (Å²) in [6.45, 7) is 3.64. The molecule has 0 spiro atoms. The molecule has 9 nitrogen and oxygen atoms in total. The first kappa shape index (κ1) is 24.7. The smallest absolute Gasteiger partial charge is 0.404 e. The SMILES string of the molecule is C=C1CCC(N2C(=O)c3ccc(NS(=O)(=O)c4ccc(Br)cc4OC(F)(F)F)cc3C2=O)C(=O)N1. The molecule has 35 heavy (non-hydrogen) atoms. The predicted molar refractivity (Wildman–Crippen MR) is 119 cm³/mol. The van der Waals surface area contributed by atoms with Gasteiger partial charge in [-0.2, -0.15) is 0 Å². The van der Waals surface area contributed by atoms with Crippen LogP contribution in [-0.4, -0.2) is 43.4 Å². The van der Waals surface area contributed by atoms with E-state index in [0.29, 0.717) is 12.1 Å². The Bertz CT molecular complexity index is 1390. The standard InChI is InChI=1S/C21H15BrF3N3O6S/c1-10-2-6-15(18(29)26-10)28-19(30)13-5-4-12(9-14(13)20(28)31)27-35(32,33)17-7-3-11(22)8-16(17)34-21(23,24)25/h3-5,7-9,15,27H,1-2,6H2,(H,26,29). The van der Waals surface area contributed by atoms with Crippen LogP contribution in [0.15, 0.2) is 58.0 Å². The van der Waals surface area contributed by atoms with E-state index in [-0.39, 0.29) is 27.7 Å². The van der Waals surface area contributed by atoms with E-state index in [2.05, 4.69) is 37.3 Å². The van der Waals surface area contributed by atoms with Gasteiger partial charge in [-0.25, -0.2) is 8.42 Å². The third-order valence-corrected chi connectivity index (χ3v) is 7.14. The number of piperidine rings is 1. The molecule has 184 valence electrons. The summed E-state index contributed by atoms with van der Waals surface area (Å²) >= 11 is 2.96. The second-order valence-electron chi connectivity index (χ2n) is 7.63. The van der Waals surface area contributed by atoms with Crippen LogP contribution in [0.25, 0.3) is 0 Å². The van der Waals surface area contributed by atoms with Gasteiger partial charge in [0.05, 0.1) is 11.1 Å². The Kier molecular flexibility index (Phi) is 6.13. The maximum absolute atomic E-state index is 12.9. The number of hydrogen-bond acceptors (Lipinski definition) is 6. The number of imide groups is 1. The molecular weight excluding hydrogens is 559 g/mol. The number of allylic oxidation sites excluding steroid dienone is 1. The van der Waals surface area contributed by atoms with E-state index in [0.717, 1.165) is 23.1 Å². The topological polar surface area (TPSA) is 122 Å². The first-order chi connectivity index (χ1) is 16.3. The van der Waals surface area contributed by atoms with Crippen molar-refractivity contribution in [3.8, 4) is 5.75 Å². The second kappa shape index (κ2) is 8.68. The van der Waals surface area contributed by atoms with Crippen LogP contribution in [0.4, 0.5) is 18.9 Å². The minimum atomic E-state index is -5.15. The summed E-state index contributed by atoms with van der Waals surface area (Å²) in [5.41, 5.74) is 0.0744. The van der Waals surface area contributed by atoms with Crippen LogP contribution in [0.3, 0.4) is 0 Å². The van der Waals surface area contributed by atoms with Crippen molar-refractivity contribution in [2.24, 2.45) is 0 Å². The first-order valence-electron chi connectivity index (χ1n) is 9.85. The fraction of sp³-hybridized carbons (Fsp3) is 0.190. The molecule has 2 heterocycles. The van der Waals surface area contributed by atoms with Gasteiger partial charge < -0.3 is 10.1 Å². The maximum Gasteiger partial charge on any atom is 0.573 e. The van der Waals surface area contributed by atoms with Crippen LogP contribution in [-0.2, 0) is 14.8 Å². The zero-order valence-corrected chi connectivity index (χ0v) is 19.9. The zero-order chi connectivity index (χ0) is 25.7. The molecule has 0 bridgehead atoms. The lowest BCUT2D eigenvalue weighted by Crippen LogP contribution is -2.51. The number of benzene rings is 2. The third kappa shape index (κ3) is 4.89. The Balaban J connectivity index is 1.63. The summed E-state index contributed by atoms with van der Waals surface area (Å²) in [4.78, 5) is 38.0. The number of hydrogen-bond donors (Lipinski definition) is 2. The van der Waals surface area contributed by atoms with Gasteiger partial charge in [-0.1, -0.05) is 22.5 Å². The number of amides is 3. The molecule has 0 saturated carbocycles. The lowest BCUT2D eigenvalue weighted by Gasteiger charge is -2.29. The van der Waals surface area contributed by atoms with Crippen molar-refractivity contribution in [3.63, 3.8) is 0 Å². The number of rotatable bonds is 5. The third-order valence-electron chi connectivity index (χ3n) is 5.23. The van der Waals surface area contributed by atoms with Gasteiger partial charge in [0.1, 0.15) is 10.9 Å². The molecule has 1 fully saturated rings. The van der Waals surface area contributed by atoms with E-state index in [4.69, 9.17) is 0 Å². The summed E-state index contributed by atoms with van der Waals surface area (Å²) in [6.07, 6.45) is -4.60. The number of carbonyl (C=O) groups excluding carboxylic acids is 3. The number of nitrogens with one attached hydrogen (secondary N) is 2. The van der Waals surface area contributed by atoms with E-state index in [1.54, 1.807) is 0 Å². The summed E-state index contributed by atoms with van der Waals surface area (Å²) in [5, 5.41) is 2.49. The van der Waals surface area contributed by atoms with Crippen molar-refractivity contribution in [2.75, 3.05) is 4.72 Å². The Hall–Kier alpha value is -3.39. The van der Waals surface area contributed by atoms with Crippen LogP contribution in [0, 0.1) is 0 Å². The van der Waals surface area contributed by atoms with Gasteiger partial charge in [0.25, 0.3) is 21.8 Å². The average Bonchev–Trinajstić information content (AvgIpc) is 2.96. The van der Waals surface area contributed by atoms with Crippen molar-refractivity contribution >= 4 is 49.4 Å². The molecule has 14 heteroatoms. The van der Waals surface area contributed by atoms with Gasteiger partial charge in [0.2, 0.25) is 5.91 Å². The highest BCUT2D eigenvalue weighted by Gasteiger charge is 2.44. The fourth-order valence-electron chi connectivity index (χ4n) is 3.73. The summed E-state index contributed by atoms with van der Waals surface area (Å²) in [7, 11) is -4.61. The predicted octanol–water partition coefficient (Wildman–Crippen LogP) is 3.54. The minimum absolute atomic E-state index is 0.0418. The molecule has 3 amide bonds. The molecule has 2 aliphatic heterocycles. The highest BCUT2D eigenvalue weighted by molar-refractivity contribution is 9.10. The van der Waals surface area contributed by atoms with E-state index in [1.165, 1.54) is 18.2 Å². The number of halogens is 4. The van der Waals surface area contributed by atoms with Gasteiger partial charge >= 0.3 is 6.36 Å². The molecule has 4 rings (SSSR count). The molecule has 2 aliphatic rings. The highest BCUT2D eigenvalue weighted by Crippen LogP contribution is 2.35. The molecule has 1 saturated heterocycles. The summed E-state index contributed by atoms with van der Waals surface area (Å²) in [5.74, 6) is -3.06. The largest absolute Gasteiger partial charge is 0.573 e. The number of fused-ring (bicyclic) bond motifs is 1. The van der Waals surface area contributed by atoms with E-state index in [1.807, 2.05) is 0 Å². The molecule has 1 atom stereocenters. The number of anilines is 1. The van der Waals surface area contributed by atoms with Gasteiger partial charge in [0.15, 0.2) is 5.75 Å². The van der Waals surface area contributed by atoms with Crippen molar-refractivity contribution in [2.45, 2.75) is 30.1 Å². The molecule has 2 N–H and O–H groups in total. The summed E-state index contributed by atoms with van der Waals surface area (Å²) in [6, 6.07) is 5.36. The lowest BCUT2D eigenvalue weighted by molar-refractivity contribution is -0.275. The van der Waals surface area contributed by atoms with Crippen molar-refractivity contribution in [3.05, 3.63) is 64.3 Å². The maximum atomic E-state index is 12.9. The van der Waals surface area contributed by atoms with Crippen LogP contribution in [0.5, 0.6) is 5.75 Å². The zero-order valence-electron chi connectivity index (χ0n) is 17.5. The number of nitrogens with zero attached hydrogens (tertiary/aromatic N) is 1. The monoisotopic (exact) mass is 573 g/mol. The highest BCUT2D eigenvalue weighted by atomic mass is 79.9. The van der Waals surface area contributed by atoms with Crippen LogP contribution in [0.1, 0.15) is 33.6 Å². The van der Waals surface area contributed by atoms with Crippen molar-refractivity contribution in [1.82, 2.24) is 10.2 Å². The van der Waals surface area contributed by atoms with Crippen LogP contribution < -0.4 is 14.8 Å². The van der Waals surface area contributed by atoms with Gasteiger partial charge in [-0.05, 0) is 49.2 Å². The number of ether oxygens (including phenoxy) is 1. The molecule has 0 radical (unpaired) electrons. The van der Waals surface area contributed by atoms with E-state index in [9.17, 15) is 36.0 Å². The van der Waals surface area contributed by atoms with Gasteiger partial charge in [0, 0.05) is 15.9 Å². The Morgan fingerprint density at radius 3 is 2.43 bits per heavy atom. The first-order valence-corrected chi connectivity index (χ1v) is 12.1. The average molecular weight is 574 g/mol. The van der Waals surface area contributed by atoms with E-state index < -0.39 is 50.8 Å². The molecule has 2 aromatic carbocycles. The second-order valence-corrected chi connectivity index (χ2v) is 10.2. The van der Waals surface area contributed by atoms with Gasteiger partial charge in [-0.15, -0.1) is 13.2 Å². The molecule has 1 unspecified atom stereocenters. The van der Waals surface area contributed by atoms with Crippen molar-refractivity contribution < 1.29 is 40.7 Å². The quantitative estimate of drug-likeness (QED) is 0.528. The molecule has 2 aromatic rings. The normalized spacial score (nSPS) is 18.4. The van der Waals surface area contributed by atoms with Crippen molar-refractivity contribution in [1.29, 1.82) is 0 Å². The summed E-state index contributed by atoms with van der Waals surface area (Å²) < 4.78 is 70.1. The molecule has 0 aliphatic carbocycles. The number of carbonyl (C=O) groups is 3. The Morgan fingerprint density at radius 2 is 1.77 bits per heavy atom. The Labute approximate surface area is 205 Å². The fourth-order valence-corrected chi connectivity index (χ4v) is 5.23.